The van der Waals surface area contributed by atoms with Crippen LogP contribution in [0.15, 0.2) is 0 Å². The number of likely N-dealkylation sites (N-methyl/N-ethyl adjacent to an activating group) is 1. The molecule has 1 saturated heterocycles. The molecular formula is C14H29N3. The molecule has 0 aromatic carbocycles. The molecule has 1 aliphatic carbocycles. The molecule has 0 aromatic rings. The van der Waals surface area contributed by atoms with Crippen LogP contribution >= 0.6 is 0 Å². The maximum absolute atomic E-state index is 5.92. The quantitative estimate of drug-likeness (QED) is 0.808. The van der Waals surface area contributed by atoms with Gasteiger partial charge in [0.1, 0.15) is 0 Å². The van der Waals surface area contributed by atoms with E-state index < -0.39 is 0 Å². The largest absolute Gasteiger partial charge is 0.330 e. The highest BCUT2D eigenvalue weighted by Gasteiger charge is 2.28. The summed E-state index contributed by atoms with van der Waals surface area (Å²) in [5, 5.41) is 0. The van der Waals surface area contributed by atoms with Gasteiger partial charge in [0, 0.05) is 32.2 Å². The molecule has 1 saturated carbocycles. The summed E-state index contributed by atoms with van der Waals surface area (Å²) in [5.41, 5.74) is 5.92. The predicted octanol–water partition coefficient (Wildman–Crippen LogP) is 1.39. The minimum Gasteiger partial charge on any atom is -0.330 e. The van der Waals surface area contributed by atoms with Crippen LogP contribution in [0.25, 0.3) is 0 Å². The van der Waals surface area contributed by atoms with Gasteiger partial charge in [-0.05, 0) is 45.2 Å². The first-order valence-electron chi connectivity index (χ1n) is 7.33. The summed E-state index contributed by atoms with van der Waals surface area (Å²) in [6.45, 7) is 8.24. The van der Waals surface area contributed by atoms with E-state index in [0.717, 1.165) is 18.4 Å². The molecule has 100 valence electrons. The second-order valence-corrected chi connectivity index (χ2v) is 6.13. The van der Waals surface area contributed by atoms with Crippen LogP contribution in [0.5, 0.6) is 0 Å². The lowest BCUT2D eigenvalue weighted by Gasteiger charge is -2.41. The fourth-order valence-electron chi connectivity index (χ4n) is 3.46. The van der Waals surface area contributed by atoms with E-state index in [1.165, 1.54) is 51.9 Å². The summed E-state index contributed by atoms with van der Waals surface area (Å²) in [7, 11) is 2.24. The SMILES string of the molecule is CC1CN(CC2CCCCC2CN)CCN1C. The third kappa shape index (κ3) is 3.43. The van der Waals surface area contributed by atoms with E-state index in [4.69, 9.17) is 5.73 Å². The molecule has 0 bridgehead atoms. The smallest absolute Gasteiger partial charge is 0.0192 e. The van der Waals surface area contributed by atoms with Crippen LogP contribution in [0.2, 0.25) is 0 Å². The molecule has 1 aliphatic heterocycles. The number of hydrogen-bond acceptors (Lipinski definition) is 3. The molecule has 17 heavy (non-hydrogen) atoms. The van der Waals surface area contributed by atoms with Gasteiger partial charge in [-0.1, -0.05) is 12.8 Å². The van der Waals surface area contributed by atoms with Gasteiger partial charge in [0.25, 0.3) is 0 Å². The van der Waals surface area contributed by atoms with Gasteiger partial charge < -0.3 is 15.5 Å². The Morgan fingerprint density at radius 2 is 1.82 bits per heavy atom. The third-order valence-electron chi connectivity index (χ3n) is 4.91. The molecule has 0 radical (unpaired) electrons. The van der Waals surface area contributed by atoms with Crippen LogP contribution in [0.1, 0.15) is 32.6 Å². The Labute approximate surface area is 106 Å². The number of hydrogen-bond donors (Lipinski definition) is 1. The van der Waals surface area contributed by atoms with Gasteiger partial charge in [0.15, 0.2) is 0 Å². The van der Waals surface area contributed by atoms with Crippen LogP contribution in [-0.2, 0) is 0 Å². The van der Waals surface area contributed by atoms with Crippen LogP contribution < -0.4 is 5.73 Å². The zero-order valence-electron chi connectivity index (χ0n) is 11.6. The zero-order valence-corrected chi connectivity index (χ0v) is 11.6. The Balaban J connectivity index is 1.83. The minimum atomic E-state index is 0.712. The van der Waals surface area contributed by atoms with Crippen molar-refractivity contribution in [3.63, 3.8) is 0 Å². The lowest BCUT2D eigenvalue weighted by Crippen LogP contribution is -2.52. The maximum Gasteiger partial charge on any atom is 0.0192 e. The zero-order chi connectivity index (χ0) is 12.3. The lowest BCUT2D eigenvalue weighted by molar-refractivity contribution is 0.0732. The Hall–Kier alpha value is -0.120. The first-order valence-corrected chi connectivity index (χ1v) is 7.33. The molecule has 0 amide bonds. The van der Waals surface area contributed by atoms with E-state index >= 15 is 0 Å². The van der Waals surface area contributed by atoms with E-state index in [0.29, 0.717) is 6.04 Å². The van der Waals surface area contributed by atoms with Gasteiger partial charge in [-0.15, -0.1) is 0 Å². The Kier molecular flexibility index (Phi) is 4.83. The highest BCUT2D eigenvalue weighted by Crippen LogP contribution is 2.30. The molecule has 0 spiro atoms. The highest BCUT2D eigenvalue weighted by atomic mass is 15.3. The molecule has 3 atom stereocenters. The molecule has 1 heterocycles. The summed E-state index contributed by atoms with van der Waals surface area (Å²) in [6, 6.07) is 0.712. The Bertz CT molecular complexity index is 232. The molecule has 2 rings (SSSR count). The molecule has 2 N–H and O–H groups in total. The minimum absolute atomic E-state index is 0.712. The molecule has 3 nitrogen and oxygen atoms in total. The van der Waals surface area contributed by atoms with Crippen molar-refractivity contribution in [1.29, 1.82) is 0 Å². The van der Waals surface area contributed by atoms with Gasteiger partial charge in [-0.25, -0.2) is 0 Å². The highest BCUT2D eigenvalue weighted by molar-refractivity contribution is 4.83. The van der Waals surface area contributed by atoms with Crippen molar-refractivity contribution in [2.24, 2.45) is 17.6 Å². The molecule has 2 aliphatic rings. The van der Waals surface area contributed by atoms with Crippen molar-refractivity contribution in [3.8, 4) is 0 Å². The van der Waals surface area contributed by atoms with Crippen molar-refractivity contribution in [2.75, 3.05) is 39.8 Å². The van der Waals surface area contributed by atoms with E-state index in [-0.39, 0.29) is 0 Å². The van der Waals surface area contributed by atoms with E-state index in [1.807, 2.05) is 0 Å². The summed E-state index contributed by atoms with van der Waals surface area (Å²) in [4.78, 5) is 5.14. The second kappa shape index (κ2) is 6.17. The monoisotopic (exact) mass is 239 g/mol. The van der Waals surface area contributed by atoms with Crippen molar-refractivity contribution >= 4 is 0 Å². The molecule has 3 heteroatoms. The Morgan fingerprint density at radius 1 is 1.12 bits per heavy atom. The van der Waals surface area contributed by atoms with Crippen molar-refractivity contribution in [2.45, 2.75) is 38.6 Å². The topological polar surface area (TPSA) is 32.5 Å². The summed E-state index contributed by atoms with van der Waals surface area (Å²) >= 11 is 0. The van der Waals surface area contributed by atoms with Crippen LogP contribution in [0, 0.1) is 11.8 Å². The molecule has 0 aromatic heterocycles. The van der Waals surface area contributed by atoms with Crippen molar-refractivity contribution < 1.29 is 0 Å². The van der Waals surface area contributed by atoms with Crippen molar-refractivity contribution in [3.05, 3.63) is 0 Å². The Morgan fingerprint density at radius 3 is 2.47 bits per heavy atom. The summed E-state index contributed by atoms with van der Waals surface area (Å²) in [5.74, 6) is 1.66. The average molecular weight is 239 g/mol. The summed E-state index contributed by atoms with van der Waals surface area (Å²) in [6.07, 6.45) is 5.59. The average Bonchev–Trinajstić information content (AvgIpc) is 2.34. The standard InChI is InChI=1S/C14H29N3/c1-12-10-17(8-7-16(12)2)11-14-6-4-3-5-13(14)9-15/h12-14H,3-11,15H2,1-2H3. The maximum atomic E-state index is 5.92. The number of nitrogens with two attached hydrogens (primary N) is 1. The van der Waals surface area contributed by atoms with E-state index in [1.54, 1.807) is 0 Å². The first kappa shape index (κ1) is 13.3. The number of nitrogens with zero attached hydrogens (tertiary/aromatic N) is 2. The molecule has 2 fully saturated rings. The van der Waals surface area contributed by atoms with Crippen LogP contribution in [-0.4, -0.2) is 55.6 Å². The van der Waals surface area contributed by atoms with E-state index in [9.17, 15) is 0 Å². The lowest BCUT2D eigenvalue weighted by atomic mass is 9.79. The second-order valence-electron chi connectivity index (χ2n) is 6.13. The summed E-state index contributed by atoms with van der Waals surface area (Å²) < 4.78 is 0. The van der Waals surface area contributed by atoms with Gasteiger partial charge in [-0.3, -0.25) is 0 Å². The van der Waals surface area contributed by atoms with Gasteiger partial charge >= 0.3 is 0 Å². The van der Waals surface area contributed by atoms with Crippen LogP contribution in [0.4, 0.5) is 0 Å². The fraction of sp³-hybridized carbons (Fsp3) is 1.00. The number of piperazine rings is 1. The normalized spacial score (nSPS) is 37.2. The van der Waals surface area contributed by atoms with Crippen LogP contribution in [0.3, 0.4) is 0 Å². The van der Waals surface area contributed by atoms with Crippen molar-refractivity contribution in [1.82, 2.24) is 9.80 Å². The predicted molar refractivity (Wildman–Crippen MR) is 73.0 cm³/mol. The fourth-order valence-corrected chi connectivity index (χ4v) is 3.46. The third-order valence-corrected chi connectivity index (χ3v) is 4.91. The molecular weight excluding hydrogens is 210 g/mol. The van der Waals surface area contributed by atoms with Gasteiger partial charge in [0.2, 0.25) is 0 Å². The van der Waals surface area contributed by atoms with Gasteiger partial charge in [0.05, 0.1) is 0 Å². The van der Waals surface area contributed by atoms with Gasteiger partial charge in [-0.2, -0.15) is 0 Å². The first-order chi connectivity index (χ1) is 8.20. The van der Waals surface area contributed by atoms with E-state index in [2.05, 4.69) is 23.8 Å². The molecule has 3 unspecified atom stereocenters. The number of rotatable bonds is 3.